The monoisotopic (exact) mass is 288 g/mol. The Balaban J connectivity index is 2.00. The van der Waals surface area contributed by atoms with Crippen LogP contribution in [0.5, 0.6) is 0 Å². The van der Waals surface area contributed by atoms with E-state index < -0.39 is 0 Å². The van der Waals surface area contributed by atoms with Crippen molar-refractivity contribution in [1.29, 1.82) is 0 Å². The average Bonchev–Trinajstić information content (AvgIpc) is 2.40. The number of hydrogen-bond acceptors (Lipinski definition) is 4. The molecule has 2 rings (SSSR count). The number of nitrogen functional groups attached to an aromatic ring is 3. The van der Waals surface area contributed by atoms with E-state index in [1.807, 2.05) is 36.4 Å². The Kier molecular flexibility index (Phi) is 4.38. The number of hydrogen-bond donors (Lipinski definition) is 4. The maximum atomic E-state index is 5.98. The lowest BCUT2D eigenvalue weighted by Gasteiger charge is -2.06. The number of anilines is 4. The van der Waals surface area contributed by atoms with E-state index in [1.165, 1.54) is 0 Å². The third-order valence-electron chi connectivity index (χ3n) is 2.79. The van der Waals surface area contributed by atoms with Gasteiger partial charge in [-0.05, 0) is 30.3 Å². The van der Waals surface area contributed by atoms with Crippen LogP contribution >= 0.6 is 11.6 Å². The van der Waals surface area contributed by atoms with Crippen LogP contribution in [0.15, 0.2) is 42.5 Å². The van der Waals surface area contributed by atoms with Gasteiger partial charge in [0, 0.05) is 29.2 Å². The van der Waals surface area contributed by atoms with Gasteiger partial charge in [-0.1, -0.05) is 29.8 Å². The molecule has 0 saturated carbocycles. The van der Waals surface area contributed by atoms with Gasteiger partial charge >= 0.3 is 0 Å². The van der Waals surface area contributed by atoms with Crippen molar-refractivity contribution in [2.24, 2.45) is 0 Å². The molecule has 0 bridgehead atoms. The lowest BCUT2D eigenvalue weighted by atomic mass is 10.1. The van der Waals surface area contributed by atoms with E-state index in [4.69, 9.17) is 28.8 Å². The molecule has 0 unspecified atom stereocenters. The molecule has 0 aromatic heterocycles. The fourth-order valence-electron chi connectivity index (χ4n) is 1.81. The van der Waals surface area contributed by atoms with Crippen LogP contribution in [-0.2, 0) is 0 Å². The fraction of sp³-hybridized carbons (Fsp3) is 0.0667. The van der Waals surface area contributed by atoms with Crippen LogP contribution in [0.25, 0.3) is 6.08 Å². The Hall–Kier alpha value is -2.33. The van der Waals surface area contributed by atoms with E-state index in [2.05, 4.69) is 5.32 Å². The summed E-state index contributed by atoms with van der Waals surface area (Å²) in [6.07, 6.45) is 3.83. The number of benzene rings is 2. The maximum absolute atomic E-state index is 5.98. The summed E-state index contributed by atoms with van der Waals surface area (Å²) in [5.74, 6) is 0. The third-order valence-corrected chi connectivity index (χ3v) is 3.10. The smallest absolute Gasteiger partial charge is 0.0662 e. The van der Waals surface area contributed by atoms with Crippen molar-refractivity contribution in [2.45, 2.75) is 0 Å². The first kappa shape index (κ1) is 14.1. The van der Waals surface area contributed by atoms with Crippen molar-refractivity contribution in [2.75, 3.05) is 29.1 Å². The van der Waals surface area contributed by atoms with Gasteiger partial charge in [0.05, 0.1) is 10.7 Å². The zero-order chi connectivity index (χ0) is 14.5. The van der Waals surface area contributed by atoms with Crippen LogP contribution in [0.4, 0.5) is 22.7 Å². The molecule has 4 nitrogen and oxygen atoms in total. The second-order valence-electron chi connectivity index (χ2n) is 4.41. The minimum Gasteiger partial charge on any atom is -0.399 e. The van der Waals surface area contributed by atoms with Gasteiger partial charge < -0.3 is 22.5 Å². The molecule has 0 aliphatic heterocycles. The summed E-state index contributed by atoms with van der Waals surface area (Å²) in [5, 5.41) is 3.70. The van der Waals surface area contributed by atoms with Crippen molar-refractivity contribution in [3.8, 4) is 0 Å². The summed E-state index contributed by atoms with van der Waals surface area (Å²) in [6, 6.07) is 11.0. The van der Waals surface area contributed by atoms with Crippen LogP contribution in [0.1, 0.15) is 5.56 Å². The number of nitrogens with two attached hydrogens (primary N) is 3. The second-order valence-corrected chi connectivity index (χ2v) is 4.82. The van der Waals surface area contributed by atoms with Gasteiger partial charge in [0.2, 0.25) is 0 Å². The molecule has 104 valence electrons. The fourth-order valence-corrected chi connectivity index (χ4v) is 2.05. The molecule has 2 aromatic rings. The first-order valence-electron chi connectivity index (χ1n) is 6.16. The predicted molar refractivity (Wildman–Crippen MR) is 88.7 cm³/mol. The van der Waals surface area contributed by atoms with Gasteiger partial charge in [-0.25, -0.2) is 0 Å². The number of nitrogens with one attached hydrogen (secondary N) is 1. The van der Waals surface area contributed by atoms with Crippen molar-refractivity contribution in [3.63, 3.8) is 0 Å². The summed E-state index contributed by atoms with van der Waals surface area (Å²) >= 11 is 5.98. The van der Waals surface area contributed by atoms with Crippen LogP contribution in [-0.4, -0.2) is 6.54 Å². The highest BCUT2D eigenvalue weighted by molar-refractivity contribution is 6.33. The van der Waals surface area contributed by atoms with Crippen LogP contribution in [0.3, 0.4) is 0 Å². The van der Waals surface area contributed by atoms with E-state index in [-0.39, 0.29) is 0 Å². The quantitative estimate of drug-likeness (QED) is 0.650. The highest BCUT2D eigenvalue weighted by Crippen LogP contribution is 2.27. The van der Waals surface area contributed by atoms with Gasteiger partial charge in [-0.15, -0.1) is 0 Å². The summed E-state index contributed by atoms with van der Waals surface area (Å²) in [7, 11) is 0. The standard InChI is InChI=1S/C15H17ClN4/c16-14-9-12(18)7-10(15(14)19)3-2-6-20-13-5-1-4-11(17)8-13/h1-5,7-9,20H,6,17-19H2. The van der Waals surface area contributed by atoms with Crippen molar-refractivity contribution in [1.82, 2.24) is 0 Å². The molecule has 20 heavy (non-hydrogen) atoms. The van der Waals surface area contributed by atoms with E-state index in [0.717, 1.165) is 16.9 Å². The highest BCUT2D eigenvalue weighted by atomic mass is 35.5. The molecule has 0 heterocycles. The molecular weight excluding hydrogens is 272 g/mol. The molecule has 0 atom stereocenters. The first-order valence-corrected chi connectivity index (χ1v) is 6.54. The summed E-state index contributed by atoms with van der Waals surface area (Å²) in [6.45, 7) is 0.648. The molecule has 0 radical (unpaired) electrons. The highest BCUT2D eigenvalue weighted by Gasteiger charge is 2.02. The Morgan fingerprint density at radius 3 is 2.60 bits per heavy atom. The summed E-state index contributed by atoms with van der Waals surface area (Å²) < 4.78 is 0. The normalized spacial score (nSPS) is 10.8. The van der Waals surface area contributed by atoms with Gasteiger partial charge in [0.15, 0.2) is 0 Å². The van der Waals surface area contributed by atoms with Gasteiger partial charge in [0.25, 0.3) is 0 Å². The molecule has 0 aliphatic rings. The van der Waals surface area contributed by atoms with Crippen LogP contribution < -0.4 is 22.5 Å². The van der Waals surface area contributed by atoms with Crippen molar-refractivity contribution < 1.29 is 0 Å². The third kappa shape index (κ3) is 3.59. The molecule has 0 saturated heterocycles. The lowest BCUT2D eigenvalue weighted by Crippen LogP contribution is -1.99. The number of halogens is 1. The molecule has 0 aliphatic carbocycles. The summed E-state index contributed by atoms with van der Waals surface area (Å²) in [4.78, 5) is 0. The average molecular weight is 289 g/mol. The van der Waals surface area contributed by atoms with Gasteiger partial charge in [-0.3, -0.25) is 0 Å². The van der Waals surface area contributed by atoms with E-state index in [9.17, 15) is 0 Å². The molecule has 7 N–H and O–H groups in total. The van der Waals surface area contributed by atoms with E-state index in [0.29, 0.717) is 22.9 Å². The van der Waals surface area contributed by atoms with E-state index in [1.54, 1.807) is 12.1 Å². The molecular formula is C15H17ClN4. The predicted octanol–water partition coefficient (Wildman–Crippen LogP) is 3.21. The van der Waals surface area contributed by atoms with Crippen LogP contribution in [0, 0.1) is 0 Å². The minimum atomic E-state index is 0.466. The Morgan fingerprint density at radius 1 is 1.05 bits per heavy atom. The molecule has 2 aromatic carbocycles. The Morgan fingerprint density at radius 2 is 1.85 bits per heavy atom. The largest absolute Gasteiger partial charge is 0.399 e. The lowest BCUT2D eigenvalue weighted by molar-refractivity contribution is 1.34. The van der Waals surface area contributed by atoms with Crippen molar-refractivity contribution in [3.05, 3.63) is 53.1 Å². The molecule has 0 fully saturated rings. The Labute approximate surface area is 123 Å². The van der Waals surface area contributed by atoms with Gasteiger partial charge in [-0.2, -0.15) is 0 Å². The zero-order valence-electron chi connectivity index (χ0n) is 10.9. The SMILES string of the molecule is Nc1cccc(NCC=Cc2cc(N)cc(Cl)c2N)c1. The molecule has 0 spiro atoms. The molecule has 0 amide bonds. The van der Waals surface area contributed by atoms with Gasteiger partial charge in [0.1, 0.15) is 0 Å². The second kappa shape index (κ2) is 6.21. The summed E-state index contributed by atoms with van der Waals surface area (Å²) in [5.41, 5.74) is 21.0. The Bertz CT molecular complexity index is 638. The molecule has 5 heteroatoms. The zero-order valence-corrected chi connectivity index (χ0v) is 11.7. The topological polar surface area (TPSA) is 90.1 Å². The van der Waals surface area contributed by atoms with Crippen LogP contribution in [0.2, 0.25) is 5.02 Å². The first-order chi connectivity index (χ1) is 9.56. The maximum Gasteiger partial charge on any atom is 0.0662 e. The van der Waals surface area contributed by atoms with Crippen molar-refractivity contribution >= 4 is 40.4 Å². The minimum absolute atomic E-state index is 0.466. The number of rotatable bonds is 4. The van der Waals surface area contributed by atoms with E-state index >= 15 is 0 Å².